The highest BCUT2D eigenvalue weighted by molar-refractivity contribution is 6.30. The summed E-state index contributed by atoms with van der Waals surface area (Å²) < 4.78 is 5.34. The van der Waals surface area contributed by atoms with E-state index in [1.54, 1.807) is 6.20 Å². The van der Waals surface area contributed by atoms with Gasteiger partial charge in [-0.2, -0.15) is 0 Å². The number of rotatable bonds is 3. The van der Waals surface area contributed by atoms with Gasteiger partial charge in [0.25, 0.3) is 5.91 Å². The van der Waals surface area contributed by atoms with E-state index in [-0.39, 0.29) is 5.91 Å². The summed E-state index contributed by atoms with van der Waals surface area (Å²) in [6.07, 6.45) is 1.65. The number of nitrogens with one attached hydrogen (secondary N) is 1. The Labute approximate surface area is 156 Å². The first-order chi connectivity index (χ1) is 12.7. The van der Waals surface area contributed by atoms with Crippen molar-refractivity contribution in [2.75, 3.05) is 31.6 Å². The number of nitrogens with zero attached hydrogens (tertiary/aromatic N) is 2. The Bertz CT molecular complexity index is 955. The summed E-state index contributed by atoms with van der Waals surface area (Å²) in [5.74, 6) is 0.688. The molecule has 1 saturated heterocycles. The summed E-state index contributed by atoms with van der Waals surface area (Å²) in [6, 6.07) is 15.3. The molecule has 1 aromatic heterocycles. The summed E-state index contributed by atoms with van der Waals surface area (Å²) >= 11 is 6.06. The van der Waals surface area contributed by atoms with E-state index in [1.165, 1.54) is 0 Å². The van der Waals surface area contributed by atoms with Crippen molar-refractivity contribution < 1.29 is 9.53 Å². The average molecular weight is 368 g/mol. The first-order valence-corrected chi connectivity index (χ1v) is 8.87. The number of halogens is 1. The number of hydrogen-bond acceptors (Lipinski definition) is 4. The van der Waals surface area contributed by atoms with Gasteiger partial charge in [-0.05, 0) is 23.6 Å². The molecule has 0 atom stereocenters. The molecule has 1 N–H and O–H groups in total. The number of anilines is 2. The summed E-state index contributed by atoms with van der Waals surface area (Å²) in [5, 5.41) is 5.72. The van der Waals surface area contributed by atoms with E-state index < -0.39 is 0 Å². The smallest absolute Gasteiger partial charge is 0.256 e. The number of benzene rings is 2. The number of aromatic nitrogens is 1. The first kappa shape index (κ1) is 16.8. The van der Waals surface area contributed by atoms with Gasteiger partial charge in [0, 0.05) is 35.4 Å². The van der Waals surface area contributed by atoms with Crippen molar-refractivity contribution in [2.24, 2.45) is 0 Å². The van der Waals surface area contributed by atoms with Gasteiger partial charge in [0.1, 0.15) is 5.82 Å². The Kier molecular flexibility index (Phi) is 4.73. The molecule has 0 spiro atoms. The van der Waals surface area contributed by atoms with Gasteiger partial charge < -0.3 is 15.0 Å². The van der Waals surface area contributed by atoms with Gasteiger partial charge in [-0.15, -0.1) is 0 Å². The van der Waals surface area contributed by atoms with Gasteiger partial charge in [-0.1, -0.05) is 41.9 Å². The summed E-state index contributed by atoms with van der Waals surface area (Å²) in [7, 11) is 0. The zero-order chi connectivity index (χ0) is 17.9. The van der Waals surface area contributed by atoms with Gasteiger partial charge in [0.15, 0.2) is 0 Å². The highest BCUT2D eigenvalue weighted by atomic mass is 35.5. The molecule has 0 unspecified atom stereocenters. The van der Waals surface area contributed by atoms with Crippen molar-refractivity contribution in [1.29, 1.82) is 0 Å². The van der Waals surface area contributed by atoms with Crippen LogP contribution in [-0.2, 0) is 4.74 Å². The molecule has 0 radical (unpaired) electrons. The van der Waals surface area contributed by atoms with Gasteiger partial charge in [0.2, 0.25) is 0 Å². The Morgan fingerprint density at radius 1 is 1.08 bits per heavy atom. The SMILES string of the molecule is O=C(c1cnc(Nc2cccc(Cl)c2)c2ccccc12)N1CCOCC1. The fraction of sp³-hybridized carbons (Fsp3) is 0.200. The number of morpholine rings is 1. The number of amides is 1. The number of carbonyl (C=O) groups excluding carboxylic acids is 1. The van der Waals surface area contributed by atoms with Gasteiger partial charge in [-0.25, -0.2) is 4.98 Å². The third-order valence-corrected chi connectivity index (χ3v) is 4.65. The second-order valence-corrected chi connectivity index (χ2v) is 6.54. The van der Waals surface area contributed by atoms with Crippen LogP contribution >= 0.6 is 11.6 Å². The maximum Gasteiger partial charge on any atom is 0.256 e. The lowest BCUT2D eigenvalue weighted by Gasteiger charge is -2.27. The zero-order valence-corrected chi connectivity index (χ0v) is 14.9. The maximum atomic E-state index is 12.9. The summed E-state index contributed by atoms with van der Waals surface area (Å²) in [5.41, 5.74) is 1.46. The van der Waals surface area contributed by atoms with Gasteiger partial charge >= 0.3 is 0 Å². The van der Waals surface area contributed by atoms with Crippen LogP contribution in [0, 0.1) is 0 Å². The van der Waals surface area contributed by atoms with Crippen LogP contribution in [0.4, 0.5) is 11.5 Å². The predicted octanol–water partition coefficient (Wildman–Crippen LogP) is 4.10. The second kappa shape index (κ2) is 7.32. The first-order valence-electron chi connectivity index (χ1n) is 8.50. The molecule has 1 amide bonds. The monoisotopic (exact) mass is 367 g/mol. The Balaban J connectivity index is 1.72. The van der Waals surface area contributed by atoms with Crippen molar-refractivity contribution in [3.63, 3.8) is 0 Å². The standard InChI is InChI=1S/C20H18ClN3O2/c21-14-4-3-5-15(12-14)23-19-17-7-2-1-6-16(17)18(13-22-19)20(25)24-8-10-26-11-9-24/h1-7,12-13H,8-11H2,(H,22,23). The molecule has 0 bridgehead atoms. The van der Waals surface area contributed by atoms with Crippen LogP contribution in [0.15, 0.2) is 54.7 Å². The Hall–Kier alpha value is -2.63. The van der Waals surface area contributed by atoms with E-state index in [0.29, 0.717) is 42.7 Å². The van der Waals surface area contributed by atoms with Crippen molar-refractivity contribution in [3.8, 4) is 0 Å². The fourth-order valence-corrected chi connectivity index (χ4v) is 3.29. The van der Waals surface area contributed by atoms with Crippen LogP contribution in [0.3, 0.4) is 0 Å². The molecule has 2 heterocycles. The van der Waals surface area contributed by atoms with E-state index in [2.05, 4.69) is 10.3 Å². The normalized spacial score (nSPS) is 14.4. The molecule has 3 aromatic rings. The van der Waals surface area contributed by atoms with Crippen LogP contribution < -0.4 is 5.32 Å². The molecule has 4 rings (SSSR count). The molecule has 5 nitrogen and oxygen atoms in total. The minimum atomic E-state index is -0.00805. The summed E-state index contributed by atoms with van der Waals surface area (Å²) in [6.45, 7) is 2.36. The number of ether oxygens (including phenoxy) is 1. The molecule has 132 valence electrons. The minimum absolute atomic E-state index is 0.00805. The minimum Gasteiger partial charge on any atom is -0.378 e. The third kappa shape index (κ3) is 3.36. The fourth-order valence-electron chi connectivity index (χ4n) is 3.10. The molecule has 1 fully saturated rings. The van der Waals surface area contributed by atoms with Crippen LogP contribution in [-0.4, -0.2) is 42.1 Å². The largest absolute Gasteiger partial charge is 0.378 e. The Morgan fingerprint density at radius 3 is 2.62 bits per heavy atom. The Morgan fingerprint density at radius 2 is 1.85 bits per heavy atom. The quantitative estimate of drug-likeness (QED) is 0.757. The van der Waals surface area contributed by atoms with Crippen LogP contribution in [0.25, 0.3) is 10.8 Å². The van der Waals surface area contributed by atoms with E-state index in [4.69, 9.17) is 16.3 Å². The molecule has 1 aliphatic heterocycles. The highest BCUT2D eigenvalue weighted by Gasteiger charge is 2.21. The van der Waals surface area contributed by atoms with Crippen LogP contribution in [0.5, 0.6) is 0 Å². The van der Waals surface area contributed by atoms with Crippen LogP contribution in [0.2, 0.25) is 5.02 Å². The van der Waals surface area contributed by atoms with Crippen molar-refractivity contribution in [1.82, 2.24) is 9.88 Å². The molecule has 2 aromatic carbocycles. The molecule has 6 heteroatoms. The molecule has 1 aliphatic rings. The van der Waals surface area contributed by atoms with E-state index >= 15 is 0 Å². The van der Waals surface area contributed by atoms with Crippen LogP contribution in [0.1, 0.15) is 10.4 Å². The maximum absolute atomic E-state index is 12.9. The van der Waals surface area contributed by atoms with Gasteiger partial charge in [0.05, 0.1) is 18.8 Å². The number of fused-ring (bicyclic) bond motifs is 1. The van der Waals surface area contributed by atoms with E-state index in [9.17, 15) is 4.79 Å². The van der Waals surface area contributed by atoms with E-state index in [0.717, 1.165) is 16.5 Å². The number of carbonyl (C=O) groups is 1. The summed E-state index contributed by atoms with van der Waals surface area (Å²) in [4.78, 5) is 19.3. The van der Waals surface area contributed by atoms with Crippen molar-refractivity contribution in [3.05, 3.63) is 65.3 Å². The topological polar surface area (TPSA) is 54.5 Å². The lowest BCUT2D eigenvalue weighted by Crippen LogP contribution is -2.40. The predicted molar refractivity (Wildman–Crippen MR) is 103 cm³/mol. The lowest BCUT2D eigenvalue weighted by atomic mass is 10.1. The number of pyridine rings is 1. The average Bonchev–Trinajstić information content (AvgIpc) is 2.68. The molecule has 0 aliphatic carbocycles. The number of hydrogen-bond donors (Lipinski definition) is 1. The zero-order valence-electron chi connectivity index (χ0n) is 14.1. The van der Waals surface area contributed by atoms with Crippen molar-refractivity contribution in [2.45, 2.75) is 0 Å². The highest BCUT2D eigenvalue weighted by Crippen LogP contribution is 2.28. The van der Waals surface area contributed by atoms with Gasteiger partial charge in [-0.3, -0.25) is 4.79 Å². The second-order valence-electron chi connectivity index (χ2n) is 6.11. The molecular weight excluding hydrogens is 350 g/mol. The van der Waals surface area contributed by atoms with Crippen molar-refractivity contribution >= 4 is 39.8 Å². The molecular formula is C20H18ClN3O2. The molecule has 26 heavy (non-hydrogen) atoms. The third-order valence-electron chi connectivity index (χ3n) is 4.41. The molecule has 0 saturated carbocycles. The van der Waals surface area contributed by atoms with E-state index in [1.807, 2.05) is 53.4 Å². The lowest BCUT2D eigenvalue weighted by molar-refractivity contribution is 0.0304.